The summed E-state index contributed by atoms with van der Waals surface area (Å²) < 4.78 is 50.6. The second kappa shape index (κ2) is 19.7. The molecule has 1 aromatic carbocycles. The van der Waals surface area contributed by atoms with Gasteiger partial charge in [0.1, 0.15) is 29.4 Å². The highest BCUT2D eigenvalue weighted by Gasteiger charge is 2.57. The molecule has 0 N–H and O–H groups in total. The summed E-state index contributed by atoms with van der Waals surface area (Å²) >= 11 is 8.50. The van der Waals surface area contributed by atoms with E-state index in [1.165, 1.54) is 4.88 Å². The standard InChI is InChI=1S/C48H67ClN2O10S/c1-10-27-14-13-17-37(61-39-19-18-36(51(5)6)25(3)57-39)24(2)42(53)33-22-31-30-20-28(60-48-45(56-9)44(55-8)43(54-7)26(4)58-48)21-34(30)46-41(40(31)32(33)23-38(52)59-27)50-47(62-46)29-15-11-12-16-35(29)49/h11-12,15-16,22,24-28,30-32,34,36-37,39-40,43-45,48H,10,13-14,17-21,23H2,1-9H3/t24-,25-,26+,27+,28+,30+,31+,32-,34-,36+,37+,39+,40-,43+,44-,45-,48+/m1/s1. The highest BCUT2D eigenvalue weighted by Crippen LogP contribution is 2.63. The van der Waals surface area contributed by atoms with Crippen LogP contribution in [0.3, 0.4) is 0 Å². The first kappa shape index (κ1) is 46.2. The molecule has 3 aliphatic heterocycles. The first-order chi connectivity index (χ1) is 29.8. The molecule has 3 aliphatic carbocycles. The number of Topliss-reactive ketones (excluding diaryl/α,β-unsaturated/α-hetero) is 1. The van der Waals surface area contributed by atoms with Gasteiger partial charge in [0.05, 0.1) is 41.6 Å². The predicted molar refractivity (Wildman–Crippen MR) is 236 cm³/mol. The second-order valence-corrected chi connectivity index (χ2v) is 20.2. The average molecular weight is 900 g/mol. The molecule has 0 radical (unpaired) electrons. The Kier molecular flexibility index (Phi) is 14.7. The molecule has 14 heteroatoms. The maximum absolute atomic E-state index is 15.2. The maximum Gasteiger partial charge on any atom is 0.306 e. The van der Waals surface area contributed by atoms with Crippen molar-refractivity contribution in [2.24, 2.45) is 23.7 Å². The number of benzene rings is 1. The number of thiazole rings is 1. The molecular weight excluding hydrogens is 832 g/mol. The number of ketones is 1. The summed E-state index contributed by atoms with van der Waals surface area (Å²) in [6, 6.07) is 8.11. The zero-order chi connectivity index (χ0) is 44.0. The number of hydrogen-bond acceptors (Lipinski definition) is 13. The first-order valence-corrected chi connectivity index (χ1v) is 24.1. The molecule has 6 aliphatic rings. The van der Waals surface area contributed by atoms with E-state index in [2.05, 4.69) is 38.9 Å². The molecule has 1 aromatic heterocycles. The molecule has 0 bridgehead atoms. The van der Waals surface area contributed by atoms with Crippen LogP contribution in [0.25, 0.3) is 10.6 Å². The molecule has 342 valence electrons. The first-order valence-electron chi connectivity index (χ1n) is 22.9. The van der Waals surface area contributed by atoms with Crippen LogP contribution in [0.5, 0.6) is 0 Å². The van der Waals surface area contributed by atoms with Crippen molar-refractivity contribution in [2.75, 3.05) is 35.4 Å². The monoisotopic (exact) mass is 898 g/mol. The van der Waals surface area contributed by atoms with E-state index in [0.29, 0.717) is 35.9 Å². The van der Waals surface area contributed by atoms with Crippen LogP contribution >= 0.6 is 22.9 Å². The van der Waals surface area contributed by atoms with Crippen molar-refractivity contribution in [1.82, 2.24) is 9.88 Å². The van der Waals surface area contributed by atoms with Gasteiger partial charge in [-0.05, 0) is 103 Å². The minimum absolute atomic E-state index is 0.00204. The van der Waals surface area contributed by atoms with Crippen LogP contribution in [0, 0.1) is 23.7 Å². The van der Waals surface area contributed by atoms with Gasteiger partial charge in [-0.1, -0.05) is 49.7 Å². The molecule has 17 atom stereocenters. The lowest BCUT2D eigenvalue weighted by Gasteiger charge is -2.44. The molecule has 0 amide bonds. The number of carbonyl (C=O) groups excluding carboxylic acids is 2. The van der Waals surface area contributed by atoms with Crippen molar-refractivity contribution in [2.45, 2.75) is 165 Å². The third-order valence-corrected chi connectivity index (χ3v) is 16.6. The number of rotatable bonds is 10. The van der Waals surface area contributed by atoms with Crippen LogP contribution < -0.4 is 0 Å². The average Bonchev–Trinajstić information content (AvgIpc) is 3.97. The predicted octanol–water partition coefficient (Wildman–Crippen LogP) is 8.34. The zero-order valence-electron chi connectivity index (χ0n) is 37.8. The van der Waals surface area contributed by atoms with E-state index >= 15 is 4.79 Å². The summed E-state index contributed by atoms with van der Waals surface area (Å²) in [5, 5.41) is 1.47. The third-order valence-electron chi connectivity index (χ3n) is 15.0. The lowest BCUT2D eigenvalue weighted by molar-refractivity contribution is -0.314. The SMILES string of the molecule is CC[C@H]1CCC[C@H](O[C@H]2CC[C@H](N(C)C)[C@@H](C)O2)[C@@H](C)C(=O)C2=C[C@H]3[C@@H]4C[C@H](O[C@@H]5O[C@@H](C)[C@H](OC)[C@@H](OC)[C@H]5OC)C[C@H]4c4sc(-c5ccccc5Cl)nc4[C@H]3[C@@H]2CC(=O)O1. The Hall–Kier alpha value is -2.30. The summed E-state index contributed by atoms with van der Waals surface area (Å²) in [6.45, 7) is 8.15. The van der Waals surface area contributed by atoms with E-state index < -0.39 is 30.5 Å². The highest BCUT2D eigenvalue weighted by atomic mass is 35.5. The Morgan fingerprint density at radius 3 is 2.34 bits per heavy atom. The van der Waals surface area contributed by atoms with E-state index in [0.717, 1.165) is 48.4 Å². The van der Waals surface area contributed by atoms with Crippen LogP contribution in [-0.4, -0.2) is 125 Å². The van der Waals surface area contributed by atoms with Crippen molar-refractivity contribution >= 4 is 34.7 Å². The third kappa shape index (κ3) is 8.98. The molecular formula is C48H67ClN2O10S. The number of fused-ring (bicyclic) bond motifs is 8. The molecule has 62 heavy (non-hydrogen) atoms. The smallest absolute Gasteiger partial charge is 0.306 e. The fourth-order valence-corrected chi connectivity index (χ4v) is 13.5. The van der Waals surface area contributed by atoms with Gasteiger partial charge in [0, 0.05) is 61.5 Å². The van der Waals surface area contributed by atoms with Gasteiger partial charge in [0.2, 0.25) is 0 Å². The summed E-state index contributed by atoms with van der Waals surface area (Å²) in [6.07, 6.45) is 5.06. The van der Waals surface area contributed by atoms with Gasteiger partial charge in [-0.25, -0.2) is 4.98 Å². The van der Waals surface area contributed by atoms with Crippen molar-refractivity contribution in [3.63, 3.8) is 0 Å². The Morgan fingerprint density at radius 2 is 1.65 bits per heavy atom. The summed E-state index contributed by atoms with van der Waals surface area (Å²) in [7, 11) is 9.14. The molecule has 4 heterocycles. The fraction of sp³-hybridized carbons (Fsp3) is 0.729. The number of halogens is 1. The normalized spacial score (nSPS) is 40.1. The van der Waals surface area contributed by atoms with E-state index in [1.54, 1.807) is 32.7 Å². The van der Waals surface area contributed by atoms with Gasteiger partial charge in [0.25, 0.3) is 0 Å². The summed E-state index contributed by atoms with van der Waals surface area (Å²) in [5.74, 6) is -1.14. The molecule has 8 rings (SSSR count). The van der Waals surface area contributed by atoms with Gasteiger partial charge >= 0.3 is 5.97 Å². The van der Waals surface area contributed by atoms with E-state index in [1.807, 2.05) is 38.1 Å². The molecule has 1 saturated carbocycles. The van der Waals surface area contributed by atoms with Gasteiger partial charge in [0.15, 0.2) is 18.4 Å². The molecule has 12 nitrogen and oxygen atoms in total. The number of ether oxygens (including phenoxy) is 8. The van der Waals surface area contributed by atoms with Crippen molar-refractivity contribution in [1.29, 1.82) is 0 Å². The number of carbonyl (C=O) groups is 2. The van der Waals surface area contributed by atoms with Crippen molar-refractivity contribution < 1.29 is 47.5 Å². The largest absolute Gasteiger partial charge is 0.462 e. The number of likely N-dealkylation sites (N-methyl/N-ethyl adjacent to an activating group) is 1. The van der Waals surface area contributed by atoms with Gasteiger partial charge < -0.3 is 42.8 Å². The number of esters is 1. The van der Waals surface area contributed by atoms with Gasteiger partial charge in [-0.15, -0.1) is 11.3 Å². The number of cyclic esters (lactones) is 1. The number of nitrogens with zero attached hydrogens (tertiary/aromatic N) is 2. The molecule has 0 spiro atoms. The molecule has 2 aromatic rings. The summed E-state index contributed by atoms with van der Waals surface area (Å²) in [4.78, 5) is 38.1. The van der Waals surface area contributed by atoms with Crippen LogP contribution in [-0.2, 0) is 47.5 Å². The zero-order valence-corrected chi connectivity index (χ0v) is 39.4. The van der Waals surface area contributed by atoms with Gasteiger partial charge in [-0.3, -0.25) is 9.59 Å². The van der Waals surface area contributed by atoms with Crippen LogP contribution in [0.2, 0.25) is 5.02 Å². The number of aromatic nitrogens is 1. The Balaban J connectivity index is 1.15. The second-order valence-electron chi connectivity index (χ2n) is 18.8. The number of allylic oxidation sites excluding steroid dienone is 2. The molecule has 4 fully saturated rings. The highest BCUT2D eigenvalue weighted by molar-refractivity contribution is 7.15. The summed E-state index contributed by atoms with van der Waals surface area (Å²) in [5.41, 5.74) is 2.51. The van der Waals surface area contributed by atoms with E-state index in [-0.39, 0.29) is 84.6 Å². The minimum Gasteiger partial charge on any atom is -0.462 e. The van der Waals surface area contributed by atoms with Crippen molar-refractivity contribution in [3.8, 4) is 10.6 Å². The van der Waals surface area contributed by atoms with Gasteiger partial charge in [-0.2, -0.15) is 0 Å². The Labute approximate surface area is 376 Å². The Bertz CT molecular complexity index is 1930. The quantitative estimate of drug-likeness (QED) is 0.213. The molecule has 0 unspecified atom stereocenters. The molecule has 3 saturated heterocycles. The van der Waals surface area contributed by atoms with Crippen LogP contribution in [0.1, 0.15) is 108 Å². The lowest BCUT2D eigenvalue weighted by Crippen LogP contribution is -2.59. The van der Waals surface area contributed by atoms with Crippen LogP contribution in [0.4, 0.5) is 0 Å². The Morgan fingerprint density at radius 1 is 0.887 bits per heavy atom. The number of hydrogen-bond donors (Lipinski definition) is 0. The number of methoxy groups -OCH3 is 3. The fourth-order valence-electron chi connectivity index (χ4n) is 11.8. The maximum atomic E-state index is 15.2. The van der Waals surface area contributed by atoms with Crippen LogP contribution in [0.15, 0.2) is 35.9 Å². The lowest BCUT2D eigenvalue weighted by atomic mass is 9.67. The van der Waals surface area contributed by atoms with E-state index in [9.17, 15) is 4.79 Å². The topological polar surface area (TPSA) is 124 Å². The van der Waals surface area contributed by atoms with Crippen molar-refractivity contribution in [3.05, 3.63) is 51.5 Å². The minimum atomic E-state index is -0.672. The van der Waals surface area contributed by atoms with E-state index in [4.69, 9.17) is 54.5 Å².